The van der Waals surface area contributed by atoms with Crippen LogP contribution >= 0.6 is 0 Å². The zero-order valence-corrected chi connectivity index (χ0v) is 11.8. The molecule has 0 amide bonds. The van der Waals surface area contributed by atoms with Gasteiger partial charge in [0.15, 0.2) is 0 Å². The van der Waals surface area contributed by atoms with Crippen molar-refractivity contribution in [3.05, 3.63) is 29.3 Å². The lowest BCUT2D eigenvalue weighted by Crippen LogP contribution is -2.19. The molecule has 7 heteroatoms. The Morgan fingerprint density at radius 2 is 1.95 bits per heavy atom. The molecule has 0 fully saturated rings. The van der Waals surface area contributed by atoms with E-state index < -0.39 is 18.4 Å². The second-order valence-corrected chi connectivity index (χ2v) is 4.39. The number of alkyl halides is 4. The fourth-order valence-corrected chi connectivity index (χ4v) is 1.68. The van der Waals surface area contributed by atoms with E-state index in [1.165, 1.54) is 6.07 Å². The number of halogens is 4. The van der Waals surface area contributed by atoms with Gasteiger partial charge in [0.1, 0.15) is 5.75 Å². The quantitative estimate of drug-likeness (QED) is 0.561. The number of hydrogen-bond donors (Lipinski definition) is 1. The highest BCUT2D eigenvalue weighted by Crippen LogP contribution is 2.36. The zero-order valence-electron chi connectivity index (χ0n) is 11.8. The Morgan fingerprint density at radius 3 is 2.57 bits per heavy atom. The van der Waals surface area contributed by atoms with Gasteiger partial charge in [-0.15, -0.1) is 0 Å². The SMILES string of the molecule is COCCNCc1ccc(OCCCF)c(C(F)(F)F)c1. The summed E-state index contributed by atoms with van der Waals surface area (Å²) in [6.07, 6.45) is -4.44. The molecule has 0 spiro atoms. The van der Waals surface area contributed by atoms with Crippen molar-refractivity contribution < 1.29 is 27.0 Å². The summed E-state index contributed by atoms with van der Waals surface area (Å²) in [4.78, 5) is 0. The minimum atomic E-state index is -4.51. The lowest BCUT2D eigenvalue weighted by molar-refractivity contribution is -0.139. The lowest BCUT2D eigenvalue weighted by atomic mass is 10.1. The van der Waals surface area contributed by atoms with Gasteiger partial charge in [-0.2, -0.15) is 13.2 Å². The maximum absolute atomic E-state index is 13.0. The monoisotopic (exact) mass is 309 g/mol. The summed E-state index contributed by atoms with van der Waals surface area (Å²) in [5.74, 6) is -0.267. The molecule has 1 aromatic carbocycles. The second-order valence-electron chi connectivity index (χ2n) is 4.39. The van der Waals surface area contributed by atoms with E-state index in [4.69, 9.17) is 9.47 Å². The van der Waals surface area contributed by atoms with Gasteiger partial charge >= 0.3 is 6.18 Å². The summed E-state index contributed by atoms with van der Waals surface area (Å²) >= 11 is 0. The van der Waals surface area contributed by atoms with Crippen LogP contribution in [0.4, 0.5) is 17.6 Å². The molecule has 21 heavy (non-hydrogen) atoms. The van der Waals surface area contributed by atoms with Gasteiger partial charge < -0.3 is 14.8 Å². The molecule has 0 aromatic heterocycles. The number of nitrogens with one attached hydrogen (secondary N) is 1. The first-order valence-electron chi connectivity index (χ1n) is 6.57. The number of ether oxygens (including phenoxy) is 2. The van der Waals surface area contributed by atoms with Crippen molar-refractivity contribution in [2.75, 3.05) is 33.5 Å². The van der Waals surface area contributed by atoms with Crippen LogP contribution in [0.1, 0.15) is 17.5 Å². The summed E-state index contributed by atoms with van der Waals surface area (Å²) in [5.41, 5.74) is -0.344. The summed E-state index contributed by atoms with van der Waals surface area (Å²) < 4.78 is 60.8. The van der Waals surface area contributed by atoms with Gasteiger partial charge in [0.05, 0.1) is 25.5 Å². The van der Waals surface area contributed by atoms with Crippen LogP contribution < -0.4 is 10.1 Å². The molecule has 0 saturated heterocycles. The van der Waals surface area contributed by atoms with E-state index in [2.05, 4.69) is 5.32 Å². The molecule has 0 heterocycles. The molecule has 120 valence electrons. The predicted molar refractivity (Wildman–Crippen MR) is 71.1 cm³/mol. The van der Waals surface area contributed by atoms with E-state index in [0.717, 1.165) is 6.07 Å². The van der Waals surface area contributed by atoms with Crippen LogP contribution in [-0.4, -0.2) is 33.5 Å². The van der Waals surface area contributed by atoms with Crippen LogP contribution in [0.15, 0.2) is 18.2 Å². The van der Waals surface area contributed by atoms with Crippen molar-refractivity contribution >= 4 is 0 Å². The molecule has 1 rings (SSSR count). The third-order valence-corrected chi connectivity index (χ3v) is 2.70. The molecule has 1 aromatic rings. The minimum Gasteiger partial charge on any atom is -0.493 e. The van der Waals surface area contributed by atoms with Crippen LogP contribution in [-0.2, 0) is 17.5 Å². The molecule has 0 aliphatic rings. The Bertz CT molecular complexity index is 424. The molecule has 0 unspecified atom stereocenters. The Balaban J connectivity index is 2.76. The fraction of sp³-hybridized carbons (Fsp3) is 0.571. The Morgan fingerprint density at radius 1 is 1.19 bits per heavy atom. The fourth-order valence-electron chi connectivity index (χ4n) is 1.68. The smallest absolute Gasteiger partial charge is 0.419 e. The minimum absolute atomic E-state index is 0.0671. The standard InChI is InChI=1S/C14H19F4NO2/c1-20-8-6-19-10-11-3-4-13(21-7-2-5-15)12(9-11)14(16,17)18/h3-4,9,19H,2,5-8,10H2,1H3. The second kappa shape index (κ2) is 8.84. The third kappa shape index (κ3) is 6.31. The summed E-state index contributed by atoms with van der Waals surface area (Å²) in [7, 11) is 1.55. The molecule has 0 saturated carbocycles. The van der Waals surface area contributed by atoms with Gasteiger partial charge in [0.25, 0.3) is 0 Å². The molecule has 0 aliphatic carbocycles. The van der Waals surface area contributed by atoms with Crippen LogP contribution in [0.2, 0.25) is 0 Å². The van der Waals surface area contributed by atoms with E-state index in [1.54, 1.807) is 13.2 Å². The van der Waals surface area contributed by atoms with Crippen molar-refractivity contribution in [1.82, 2.24) is 5.32 Å². The van der Waals surface area contributed by atoms with Gasteiger partial charge in [-0.25, -0.2) is 0 Å². The Hall–Kier alpha value is -1.34. The first-order valence-corrected chi connectivity index (χ1v) is 6.57. The summed E-state index contributed by atoms with van der Waals surface area (Å²) in [6, 6.07) is 3.87. The number of benzene rings is 1. The normalized spacial score (nSPS) is 11.7. The summed E-state index contributed by atoms with van der Waals surface area (Å²) in [6.45, 7) is 0.633. The van der Waals surface area contributed by atoms with Crippen LogP contribution in [0.25, 0.3) is 0 Å². The van der Waals surface area contributed by atoms with E-state index in [-0.39, 0.29) is 18.8 Å². The number of rotatable bonds is 9. The van der Waals surface area contributed by atoms with Crippen molar-refractivity contribution in [3.63, 3.8) is 0 Å². The number of hydrogen-bond acceptors (Lipinski definition) is 3. The summed E-state index contributed by atoms with van der Waals surface area (Å²) in [5, 5.41) is 2.97. The Labute approximate surface area is 121 Å². The molecule has 3 nitrogen and oxygen atoms in total. The van der Waals surface area contributed by atoms with Crippen molar-refractivity contribution in [3.8, 4) is 5.75 Å². The van der Waals surface area contributed by atoms with Crippen molar-refractivity contribution in [2.45, 2.75) is 19.1 Å². The molecular formula is C14H19F4NO2. The van der Waals surface area contributed by atoms with E-state index in [0.29, 0.717) is 25.3 Å². The maximum atomic E-state index is 13.0. The van der Waals surface area contributed by atoms with E-state index in [9.17, 15) is 17.6 Å². The largest absolute Gasteiger partial charge is 0.493 e. The molecule has 0 radical (unpaired) electrons. The molecule has 1 N–H and O–H groups in total. The maximum Gasteiger partial charge on any atom is 0.419 e. The molecule has 0 atom stereocenters. The van der Waals surface area contributed by atoms with Crippen LogP contribution in [0.5, 0.6) is 5.75 Å². The van der Waals surface area contributed by atoms with E-state index in [1.807, 2.05) is 0 Å². The average molecular weight is 309 g/mol. The molecular weight excluding hydrogens is 290 g/mol. The highest BCUT2D eigenvalue weighted by atomic mass is 19.4. The lowest BCUT2D eigenvalue weighted by Gasteiger charge is -2.15. The highest BCUT2D eigenvalue weighted by Gasteiger charge is 2.34. The van der Waals surface area contributed by atoms with Crippen molar-refractivity contribution in [2.24, 2.45) is 0 Å². The molecule has 0 aliphatic heterocycles. The zero-order chi connectivity index (χ0) is 15.7. The first kappa shape index (κ1) is 17.7. The topological polar surface area (TPSA) is 30.5 Å². The van der Waals surface area contributed by atoms with Gasteiger partial charge in [0.2, 0.25) is 0 Å². The first-order chi connectivity index (χ1) is 9.99. The van der Waals surface area contributed by atoms with Crippen LogP contribution in [0, 0.1) is 0 Å². The molecule has 0 bridgehead atoms. The van der Waals surface area contributed by atoms with Crippen molar-refractivity contribution in [1.29, 1.82) is 0 Å². The highest BCUT2D eigenvalue weighted by molar-refractivity contribution is 5.39. The average Bonchev–Trinajstić information content (AvgIpc) is 2.44. The van der Waals surface area contributed by atoms with Gasteiger partial charge in [-0.05, 0) is 17.7 Å². The van der Waals surface area contributed by atoms with Gasteiger partial charge in [-0.1, -0.05) is 6.07 Å². The van der Waals surface area contributed by atoms with Crippen LogP contribution in [0.3, 0.4) is 0 Å². The van der Waals surface area contributed by atoms with Gasteiger partial charge in [-0.3, -0.25) is 4.39 Å². The third-order valence-electron chi connectivity index (χ3n) is 2.70. The predicted octanol–water partition coefficient (Wildman–Crippen LogP) is 3.18. The van der Waals surface area contributed by atoms with Gasteiger partial charge in [0, 0.05) is 26.6 Å². The Kier molecular flexibility index (Phi) is 7.45. The van der Waals surface area contributed by atoms with E-state index >= 15 is 0 Å². The number of methoxy groups -OCH3 is 1.